The Bertz CT molecular complexity index is 575. The molecule has 1 fully saturated rings. The first kappa shape index (κ1) is 13.2. The van der Waals surface area contributed by atoms with E-state index in [1.54, 1.807) is 7.11 Å². The molecule has 1 atom stereocenters. The third-order valence-electron chi connectivity index (χ3n) is 4.43. The first-order valence-electron chi connectivity index (χ1n) is 7.17. The monoisotopic (exact) mass is 267 g/mol. The lowest BCUT2D eigenvalue weighted by atomic mass is 9.83. The summed E-state index contributed by atoms with van der Waals surface area (Å²) < 4.78 is 5.55. The van der Waals surface area contributed by atoms with Gasteiger partial charge in [0.05, 0.1) is 7.11 Å². The molecule has 20 heavy (non-hydrogen) atoms. The second-order valence-electron chi connectivity index (χ2n) is 5.49. The maximum Gasteiger partial charge on any atom is 0.123 e. The van der Waals surface area contributed by atoms with Crippen LogP contribution in [0.2, 0.25) is 0 Å². The lowest BCUT2D eigenvalue weighted by Crippen LogP contribution is -2.30. The summed E-state index contributed by atoms with van der Waals surface area (Å²) in [6.07, 6.45) is 2.45. The standard InChI is InChI=1S/C18H21NO/c1-19-17(15-10-6-7-11-16(15)20-2)18(12-13-18)14-8-4-3-5-9-14/h3-11,17,19H,12-13H2,1-2H3. The highest BCUT2D eigenvalue weighted by atomic mass is 16.5. The quantitative estimate of drug-likeness (QED) is 0.892. The molecule has 1 saturated carbocycles. The Balaban J connectivity index is 2.02. The molecule has 0 aromatic heterocycles. The molecule has 2 heteroatoms. The minimum Gasteiger partial charge on any atom is -0.496 e. The highest BCUT2D eigenvalue weighted by Gasteiger charge is 2.51. The topological polar surface area (TPSA) is 21.3 Å². The molecule has 1 N–H and O–H groups in total. The van der Waals surface area contributed by atoms with Gasteiger partial charge in [0.25, 0.3) is 0 Å². The fourth-order valence-corrected chi connectivity index (χ4v) is 3.28. The number of benzene rings is 2. The van der Waals surface area contributed by atoms with Crippen LogP contribution in [0.15, 0.2) is 54.6 Å². The van der Waals surface area contributed by atoms with Crippen LogP contribution in [0.1, 0.15) is 30.0 Å². The SMILES string of the molecule is CNC(c1ccccc1OC)C1(c2ccccc2)CC1. The van der Waals surface area contributed by atoms with Gasteiger partial charge in [-0.25, -0.2) is 0 Å². The van der Waals surface area contributed by atoms with Crippen molar-refractivity contribution in [3.63, 3.8) is 0 Å². The van der Waals surface area contributed by atoms with Gasteiger partial charge in [-0.15, -0.1) is 0 Å². The first-order chi connectivity index (χ1) is 9.81. The van der Waals surface area contributed by atoms with E-state index in [0.29, 0.717) is 6.04 Å². The summed E-state index contributed by atoms with van der Waals surface area (Å²) in [6, 6.07) is 19.4. The summed E-state index contributed by atoms with van der Waals surface area (Å²) in [4.78, 5) is 0. The lowest BCUT2D eigenvalue weighted by Gasteiger charge is -2.29. The molecule has 2 nitrogen and oxygen atoms in total. The second-order valence-corrected chi connectivity index (χ2v) is 5.49. The van der Waals surface area contributed by atoms with E-state index < -0.39 is 0 Å². The highest BCUT2D eigenvalue weighted by molar-refractivity contribution is 5.44. The van der Waals surface area contributed by atoms with Crippen LogP contribution in [0.5, 0.6) is 5.75 Å². The summed E-state index contributed by atoms with van der Waals surface area (Å²) in [5.41, 5.74) is 2.88. The Morgan fingerprint density at radius 3 is 2.25 bits per heavy atom. The van der Waals surface area contributed by atoms with Crippen LogP contribution in [-0.4, -0.2) is 14.2 Å². The van der Waals surface area contributed by atoms with Crippen molar-refractivity contribution in [2.45, 2.75) is 24.3 Å². The first-order valence-corrected chi connectivity index (χ1v) is 7.17. The molecular formula is C18H21NO. The zero-order valence-electron chi connectivity index (χ0n) is 12.1. The van der Waals surface area contributed by atoms with Gasteiger partial charge in [-0.2, -0.15) is 0 Å². The molecule has 2 aromatic carbocycles. The van der Waals surface area contributed by atoms with Gasteiger partial charge in [0.15, 0.2) is 0 Å². The smallest absolute Gasteiger partial charge is 0.123 e. The van der Waals surface area contributed by atoms with Crippen molar-refractivity contribution < 1.29 is 4.74 Å². The minimum atomic E-state index is 0.213. The Morgan fingerprint density at radius 1 is 1.00 bits per heavy atom. The third-order valence-corrected chi connectivity index (χ3v) is 4.43. The van der Waals surface area contributed by atoms with Crippen molar-refractivity contribution in [1.29, 1.82) is 0 Å². The Labute approximate surface area is 120 Å². The molecule has 1 aliphatic rings. The molecule has 0 spiro atoms. The van der Waals surface area contributed by atoms with E-state index in [1.807, 2.05) is 19.2 Å². The van der Waals surface area contributed by atoms with E-state index in [4.69, 9.17) is 4.74 Å². The van der Waals surface area contributed by atoms with Gasteiger partial charge in [-0.05, 0) is 31.5 Å². The number of hydrogen-bond donors (Lipinski definition) is 1. The van der Waals surface area contributed by atoms with E-state index in [9.17, 15) is 0 Å². The molecule has 0 heterocycles. The van der Waals surface area contributed by atoms with Gasteiger partial charge in [-0.1, -0.05) is 48.5 Å². The van der Waals surface area contributed by atoms with Gasteiger partial charge in [-0.3, -0.25) is 0 Å². The Kier molecular flexibility index (Phi) is 3.49. The number of hydrogen-bond acceptors (Lipinski definition) is 2. The minimum absolute atomic E-state index is 0.213. The fourth-order valence-electron chi connectivity index (χ4n) is 3.28. The predicted molar refractivity (Wildman–Crippen MR) is 82.1 cm³/mol. The molecule has 0 aliphatic heterocycles. The van der Waals surface area contributed by atoms with Crippen LogP contribution in [0.3, 0.4) is 0 Å². The van der Waals surface area contributed by atoms with Crippen molar-refractivity contribution in [2.75, 3.05) is 14.2 Å². The van der Waals surface area contributed by atoms with E-state index in [1.165, 1.54) is 24.0 Å². The second kappa shape index (κ2) is 5.29. The number of rotatable bonds is 5. The van der Waals surface area contributed by atoms with E-state index in [-0.39, 0.29) is 5.41 Å². The summed E-state index contributed by atoms with van der Waals surface area (Å²) in [7, 11) is 3.79. The molecule has 0 saturated heterocycles. The molecule has 1 unspecified atom stereocenters. The molecule has 104 valence electrons. The fraction of sp³-hybridized carbons (Fsp3) is 0.333. The summed E-state index contributed by atoms with van der Waals surface area (Å²) in [5, 5.41) is 3.51. The zero-order chi connectivity index (χ0) is 14.0. The van der Waals surface area contributed by atoms with Crippen molar-refractivity contribution in [2.24, 2.45) is 0 Å². The molecule has 3 rings (SSSR count). The molecule has 0 bridgehead atoms. The number of methoxy groups -OCH3 is 1. The van der Waals surface area contributed by atoms with Crippen LogP contribution < -0.4 is 10.1 Å². The normalized spacial score (nSPS) is 17.5. The van der Waals surface area contributed by atoms with Crippen molar-refractivity contribution in [3.05, 3.63) is 65.7 Å². The average Bonchev–Trinajstić information content (AvgIpc) is 3.31. The number of ether oxygens (including phenoxy) is 1. The van der Waals surface area contributed by atoms with Crippen molar-refractivity contribution >= 4 is 0 Å². The predicted octanol–water partition coefficient (Wildman–Crippen LogP) is 3.69. The highest BCUT2D eigenvalue weighted by Crippen LogP contribution is 2.57. The number of nitrogens with one attached hydrogen (secondary N) is 1. The largest absolute Gasteiger partial charge is 0.496 e. The van der Waals surface area contributed by atoms with E-state index in [2.05, 4.69) is 47.8 Å². The van der Waals surface area contributed by atoms with Crippen LogP contribution in [0, 0.1) is 0 Å². The maximum absolute atomic E-state index is 5.55. The van der Waals surface area contributed by atoms with Gasteiger partial charge >= 0.3 is 0 Å². The molecule has 0 amide bonds. The maximum atomic E-state index is 5.55. The van der Waals surface area contributed by atoms with E-state index in [0.717, 1.165) is 5.75 Å². The molecule has 0 radical (unpaired) electrons. The summed E-state index contributed by atoms with van der Waals surface area (Å²) >= 11 is 0. The summed E-state index contributed by atoms with van der Waals surface area (Å²) in [5.74, 6) is 0.967. The van der Waals surface area contributed by atoms with Gasteiger partial charge in [0, 0.05) is 17.0 Å². The molecule has 1 aliphatic carbocycles. The van der Waals surface area contributed by atoms with E-state index >= 15 is 0 Å². The lowest BCUT2D eigenvalue weighted by molar-refractivity contribution is 0.386. The van der Waals surface area contributed by atoms with Crippen molar-refractivity contribution in [1.82, 2.24) is 5.32 Å². The van der Waals surface area contributed by atoms with Gasteiger partial charge < -0.3 is 10.1 Å². The number of para-hydroxylation sites is 1. The van der Waals surface area contributed by atoms with Crippen LogP contribution >= 0.6 is 0 Å². The van der Waals surface area contributed by atoms with Gasteiger partial charge in [0.2, 0.25) is 0 Å². The molecule has 2 aromatic rings. The average molecular weight is 267 g/mol. The zero-order valence-corrected chi connectivity index (χ0v) is 12.1. The van der Waals surface area contributed by atoms with Crippen molar-refractivity contribution in [3.8, 4) is 5.75 Å². The number of likely N-dealkylation sites (N-methyl/N-ethyl adjacent to an activating group) is 1. The van der Waals surface area contributed by atoms with Crippen LogP contribution in [0.25, 0.3) is 0 Å². The Morgan fingerprint density at radius 2 is 1.65 bits per heavy atom. The summed E-state index contributed by atoms with van der Waals surface area (Å²) in [6.45, 7) is 0. The van der Waals surface area contributed by atoms with Crippen LogP contribution in [-0.2, 0) is 5.41 Å². The van der Waals surface area contributed by atoms with Gasteiger partial charge in [0.1, 0.15) is 5.75 Å². The third kappa shape index (κ3) is 2.10. The molecular weight excluding hydrogens is 246 g/mol. The Hall–Kier alpha value is -1.80. The van der Waals surface area contributed by atoms with Crippen LogP contribution in [0.4, 0.5) is 0 Å².